The third-order valence-electron chi connectivity index (χ3n) is 3.12. The van der Waals surface area contributed by atoms with Gasteiger partial charge in [-0.25, -0.2) is 0 Å². The first-order chi connectivity index (χ1) is 10.4. The average molecular weight is 337 g/mol. The minimum atomic E-state index is 0.162. The molecule has 0 spiro atoms. The Bertz CT molecular complexity index is 679. The van der Waals surface area contributed by atoms with Crippen molar-refractivity contribution < 1.29 is 9.59 Å². The Morgan fingerprint density at radius 2 is 1.55 bits per heavy atom. The van der Waals surface area contributed by atoms with Crippen molar-refractivity contribution in [1.29, 1.82) is 0 Å². The minimum Gasteiger partial charge on any atom is -0.298 e. The summed E-state index contributed by atoms with van der Waals surface area (Å²) in [6.07, 6.45) is 1.35. The number of carbonyl (C=O) groups excluding carboxylic acids is 2. The van der Waals surface area contributed by atoms with Gasteiger partial charge in [0.05, 0.1) is 0 Å². The van der Waals surface area contributed by atoms with Crippen LogP contribution in [-0.2, 0) is 0 Å². The lowest BCUT2D eigenvalue weighted by molar-refractivity contribution is 0.0987. The van der Waals surface area contributed by atoms with Crippen molar-refractivity contribution in [2.75, 3.05) is 0 Å². The fourth-order valence-electron chi connectivity index (χ4n) is 1.76. The van der Waals surface area contributed by atoms with Crippen molar-refractivity contribution in [2.24, 2.45) is 0 Å². The maximum absolute atomic E-state index is 11.2. The first-order valence-corrected chi connectivity index (χ1v) is 7.65. The van der Waals surface area contributed by atoms with Crippen LogP contribution >= 0.6 is 23.2 Å². The third-order valence-corrected chi connectivity index (χ3v) is 3.97. The summed E-state index contributed by atoms with van der Waals surface area (Å²) in [6.45, 7) is 5.62. The second-order valence-electron chi connectivity index (χ2n) is 4.87. The van der Waals surface area contributed by atoms with Gasteiger partial charge >= 0.3 is 0 Å². The van der Waals surface area contributed by atoms with Crippen LogP contribution in [0, 0.1) is 13.8 Å². The van der Waals surface area contributed by atoms with Gasteiger partial charge in [0.15, 0.2) is 5.78 Å². The van der Waals surface area contributed by atoms with Crippen molar-refractivity contribution in [3.63, 3.8) is 0 Å². The Morgan fingerprint density at radius 1 is 1.00 bits per heavy atom. The molecule has 0 saturated heterocycles. The Labute approximate surface area is 141 Å². The Kier molecular flexibility index (Phi) is 7.30. The summed E-state index contributed by atoms with van der Waals surface area (Å²) in [5.74, 6) is 0.162. The maximum atomic E-state index is 11.2. The van der Waals surface area contributed by atoms with Gasteiger partial charge in [0.1, 0.15) is 6.29 Å². The van der Waals surface area contributed by atoms with Gasteiger partial charge < -0.3 is 0 Å². The van der Waals surface area contributed by atoms with Gasteiger partial charge in [0.2, 0.25) is 0 Å². The zero-order valence-corrected chi connectivity index (χ0v) is 14.3. The van der Waals surface area contributed by atoms with Crippen LogP contribution in [0.4, 0.5) is 0 Å². The lowest BCUT2D eigenvalue weighted by Gasteiger charge is -2.00. The van der Waals surface area contributed by atoms with E-state index in [2.05, 4.69) is 0 Å². The van der Waals surface area contributed by atoms with Crippen LogP contribution in [0.3, 0.4) is 0 Å². The van der Waals surface area contributed by atoms with E-state index >= 15 is 0 Å². The quantitative estimate of drug-likeness (QED) is 0.532. The van der Waals surface area contributed by atoms with Crippen LogP contribution in [0.5, 0.6) is 0 Å². The molecule has 0 heterocycles. The summed E-state index contributed by atoms with van der Waals surface area (Å²) in [7, 11) is 0. The van der Waals surface area contributed by atoms with E-state index in [0.717, 1.165) is 23.0 Å². The minimum absolute atomic E-state index is 0.162. The highest BCUT2D eigenvalue weighted by Gasteiger charge is 2.03. The molecule has 0 saturated carbocycles. The fourth-order valence-corrected chi connectivity index (χ4v) is 2.00. The van der Waals surface area contributed by atoms with Gasteiger partial charge in [-0.15, -0.1) is 0 Å². The molecule has 22 heavy (non-hydrogen) atoms. The number of ketones is 1. The largest absolute Gasteiger partial charge is 0.298 e. The zero-order valence-electron chi connectivity index (χ0n) is 12.8. The van der Waals surface area contributed by atoms with Gasteiger partial charge in [-0.2, -0.15) is 0 Å². The number of hydrogen-bond acceptors (Lipinski definition) is 2. The van der Waals surface area contributed by atoms with E-state index in [1.54, 1.807) is 30.3 Å². The highest BCUT2D eigenvalue weighted by Crippen LogP contribution is 2.17. The van der Waals surface area contributed by atoms with Gasteiger partial charge in [-0.05, 0) is 55.3 Å². The van der Waals surface area contributed by atoms with Crippen LogP contribution in [0.25, 0.3) is 0 Å². The Hall–Kier alpha value is -1.64. The van der Waals surface area contributed by atoms with Gasteiger partial charge in [-0.3, -0.25) is 9.59 Å². The molecule has 2 aromatic carbocycles. The van der Waals surface area contributed by atoms with E-state index in [9.17, 15) is 9.59 Å². The van der Waals surface area contributed by atoms with Crippen LogP contribution in [-0.4, -0.2) is 12.1 Å². The first kappa shape index (κ1) is 18.4. The molecule has 0 aliphatic heterocycles. The average Bonchev–Trinajstić information content (AvgIpc) is 2.52. The van der Waals surface area contributed by atoms with Gasteiger partial charge in [0, 0.05) is 27.6 Å². The molecule has 4 heteroatoms. The molecule has 0 bridgehead atoms. The Balaban J connectivity index is 0.000000224. The molecule has 0 amide bonds. The molecular formula is C18H18Cl2O2. The van der Waals surface area contributed by atoms with Crippen LogP contribution in [0.15, 0.2) is 36.4 Å². The SMILES string of the molecule is CCC(=O)c1ccc(Cl)c(C)c1.Cc1cc(C=O)ccc1Cl. The number of halogens is 2. The normalized spacial score (nSPS) is 9.68. The highest BCUT2D eigenvalue weighted by atomic mass is 35.5. The summed E-state index contributed by atoms with van der Waals surface area (Å²) in [4.78, 5) is 21.5. The molecule has 0 aromatic heterocycles. The summed E-state index contributed by atoms with van der Waals surface area (Å²) >= 11 is 11.5. The number of benzene rings is 2. The molecule has 0 atom stereocenters. The second-order valence-corrected chi connectivity index (χ2v) is 5.68. The number of carbonyl (C=O) groups is 2. The van der Waals surface area contributed by atoms with Gasteiger partial charge in [0.25, 0.3) is 0 Å². The van der Waals surface area contributed by atoms with E-state index in [1.165, 1.54) is 0 Å². The highest BCUT2D eigenvalue weighted by molar-refractivity contribution is 6.31. The number of aryl methyl sites for hydroxylation is 2. The molecule has 0 N–H and O–H groups in total. The summed E-state index contributed by atoms with van der Waals surface area (Å²) in [5.41, 5.74) is 3.31. The van der Waals surface area contributed by atoms with E-state index in [4.69, 9.17) is 23.2 Å². The molecular weight excluding hydrogens is 319 g/mol. The molecule has 0 aliphatic rings. The zero-order chi connectivity index (χ0) is 16.7. The first-order valence-electron chi connectivity index (χ1n) is 6.89. The predicted octanol–water partition coefficient (Wildman–Crippen LogP) is 5.70. The van der Waals surface area contributed by atoms with E-state index < -0.39 is 0 Å². The topological polar surface area (TPSA) is 34.1 Å². The lowest BCUT2D eigenvalue weighted by Crippen LogP contribution is -1.96. The molecule has 0 unspecified atom stereocenters. The number of Topliss-reactive ketones (excluding diaryl/α,β-unsaturated/α-hetero) is 1. The third kappa shape index (κ3) is 5.28. The molecule has 2 nitrogen and oxygen atoms in total. The van der Waals surface area contributed by atoms with Crippen LogP contribution in [0.1, 0.15) is 45.2 Å². The van der Waals surface area contributed by atoms with Crippen molar-refractivity contribution in [1.82, 2.24) is 0 Å². The molecule has 0 aliphatic carbocycles. The molecule has 2 rings (SSSR count). The summed E-state index contributed by atoms with van der Waals surface area (Å²) < 4.78 is 0. The summed E-state index contributed by atoms with van der Waals surface area (Å²) in [6, 6.07) is 10.5. The smallest absolute Gasteiger partial charge is 0.162 e. The van der Waals surface area contributed by atoms with Crippen LogP contribution < -0.4 is 0 Å². The maximum Gasteiger partial charge on any atom is 0.162 e. The monoisotopic (exact) mass is 336 g/mol. The van der Waals surface area contributed by atoms with Crippen molar-refractivity contribution >= 4 is 35.3 Å². The number of aldehydes is 1. The van der Waals surface area contributed by atoms with Crippen molar-refractivity contribution in [3.8, 4) is 0 Å². The second kappa shape index (κ2) is 8.72. The summed E-state index contributed by atoms with van der Waals surface area (Å²) in [5, 5.41) is 1.41. The molecule has 0 radical (unpaired) electrons. The molecule has 116 valence electrons. The van der Waals surface area contributed by atoms with E-state index in [1.807, 2.05) is 26.8 Å². The molecule has 2 aromatic rings. The standard InChI is InChI=1S/C10H11ClO.C8H7ClO/c1-3-10(12)8-4-5-9(11)7(2)6-8;1-6-4-7(5-10)2-3-8(6)9/h4-6H,3H2,1-2H3;2-5H,1H3. The van der Waals surface area contributed by atoms with Crippen LogP contribution in [0.2, 0.25) is 10.0 Å². The Morgan fingerprint density at radius 3 is 2.00 bits per heavy atom. The van der Waals surface area contributed by atoms with Crippen molar-refractivity contribution in [3.05, 3.63) is 68.7 Å². The fraction of sp³-hybridized carbons (Fsp3) is 0.222. The van der Waals surface area contributed by atoms with Gasteiger partial charge in [-0.1, -0.05) is 36.2 Å². The van der Waals surface area contributed by atoms with E-state index in [0.29, 0.717) is 22.0 Å². The van der Waals surface area contributed by atoms with Crippen molar-refractivity contribution in [2.45, 2.75) is 27.2 Å². The lowest BCUT2D eigenvalue weighted by atomic mass is 10.1. The predicted molar refractivity (Wildman–Crippen MR) is 92.4 cm³/mol. The number of rotatable bonds is 3. The number of hydrogen-bond donors (Lipinski definition) is 0. The van der Waals surface area contributed by atoms with E-state index in [-0.39, 0.29) is 5.78 Å². The molecule has 0 fully saturated rings.